The summed E-state index contributed by atoms with van der Waals surface area (Å²) in [6.07, 6.45) is 0.627. The van der Waals surface area contributed by atoms with Crippen molar-refractivity contribution in [2.24, 2.45) is 5.41 Å². The number of morpholine rings is 1. The maximum absolute atomic E-state index is 13.6. The molecule has 3 atom stereocenters. The number of rotatable bonds is 5. The van der Waals surface area contributed by atoms with Gasteiger partial charge in [-0.25, -0.2) is 9.59 Å². The monoisotopic (exact) mass is 407 g/mol. The molecule has 0 bridgehead atoms. The Labute approximate surface area is 178 Å². The summed E-state index contributed by atoms with van der Waals surface area (Å²) in [6.45, 7) is 9.44. The molecule has 0 aromatic heterocycles. The zero-order chi connectivity index (χ0) is 21.9. The second kappa shape index (κ2) is 8.34. The molecular formula is C25H29NO4. The lowest BCUT2D eigenvalue weighted by molar-refractivity contribution is -0.199. The number of carbonyl (C=O) groups is 2. The highest BCUT2D eigenvalue weighted by Gasteiger charge is 2.62. The second-order valence-electron chi connectivity index (χ2n) is 8.68. The average molecular weight is 408 g/mol. The van der Waals surface area contributed by atoms with Gasteiger partial charge >= 0.3 is 12.1 Å². The molecule has 0 unspecified atom stereocenters. The molecule has 1 saturated heterocycles. The first-order valence-corrected chi connectivity index (χ1v) is 10.2. The Morgan fingerprint density at radius 1 is 1.10 bits per heavy atom. The largest absolute Gasteiger partial charge is 0.465 e. The lowest BCUT2D eigenvalue weighted by atomic mass is 9.67. The first-order valence-electron chi connectivity index (χ1n) is 10.2. The minimum Gasteiger partial charge on any atom is -0.465 e. The summed E-state index contributed by atoms with van der Waals surface area (Å²) in [5.74, 6) is -0.514. The molecule has 0 radical (unpaired) electrons. The highest BCUT2D eigenvalue weighted by Crippen LogP contribution is 2.53. The Balaban J connectivity index is 2.27. The minimum atomic E-state index is -1.35. The molecule has 5 heteroatoms. The molecule has 1 aliphatic rings. The van der Waals surface area contributed by atoms with Gasteiger partial charge in [0.05, 0.1) is 0 Å². The standard InChI is InChI=1S/C25H29NO4/c1-5-6-17-25(24(2,3)4)22(27)30-21(19-15-11-8-12-16-19)20(26(25)23(28)29)18-13-9-7-10-14-18/h5,7-16,20-21H,1,6,17H2,2-4H3,(H,28,29)/t20-,21+,25+/m1/s1. The lowest BCUT2D eigenvalue weighted by Gasteiger charge is -2.56. The van der Waals surface area contributed by atoms with Crippen molar-refractivity contribution in [1.29, 1.82) is 0 Å². The lowest BCUT2D eigenvalue weighted by Crippen LogP contribution is -2.68. The molecule has 30 heavy (non-hydrogen) atoms. The van der Waals surface area contributed by atoms with Gasteiger partial charge in [-0.15, -0.1) is 6.58 Å². The van der Waals surface area contributed by atoms with Crippen LogP contribution in [0, 0.1) is 5.41 Å². The quantitative estimate of drug-likeness (QED) is 0.506. The number of cyclic esters (lactones) is 1. The molecule has 0 spiro atoms. The van der Waals surface area contributed by atoms with Gasteiger partial charge in [-0.2, -0.15) is 0 Å². The molecule has 2 aromatic carbocycles. The maximum atomic E-state index is 13.6. The van der Waals surface area contributed by atoms with E-state index in [4.69, 9.17) is 4.74 Å². The first-order chi connectivity index (χ1) is 14.2. The van der Waals surface area contributed by atoms with Gasteiger partial charge in [0, 0.05) is 0 Å². The van der Waals surface area contributed by atoms with E-state index < -0.39 is 35.2 Å². The van der Waals surface area contributed by atoms with Crippen LogP contribution in [0.1, 0.15) is 56.9 Å². The van der Waals surface area contributed by atoms with Crippen molar-refractivity contribution >= 4 is 12.1 Å². The number of allylic oxidation sites excluding steroid dienone is 1. The zero-order valence-electron chi connectivity index (χ0n) is 17.7. The highest BCUT2D eigenvalue weighted by atomic mass is 16.6. The van der Waals surface area contributed by atoms with Crippen molar-refractivity contribution in [2.45, 2.75) is 51.3 Å². The van der Waals surface area contributed by atoms with Crippen LogP contribution in [0.4, 0.5) is 4.79 Å². The number of hydrogen-bond acceptors (Lipinski definition) is 3. The van der Waals surface area contributed by atoms with Crippen LogP contribution in [-0.4, -0.2) is 27.6 Å². The van der Waals surface area contributed by atoms with E-state index in [1.54, 1.807) is 6.08 Å². The van der Waals surface area contributed by atoms with Gasteiger partial charge in [0.25, 0.3) is 0 Å². The van der Waals surface area contributed by atoms with Crippen molar-refractivity contribution in [3.63, 3.8) is 0 Å². The fourth-order valence-corrected chi connectivity index (χ4v) is 4.47. The third-order valence-corrected chi connectivity index (χ3v) is 5.97. The Kier molecular flexibility index (Phi) is 6.01. The van der Waals surface area contributed by atoms with Gasteiger partial charge in [-0.05, 0) is 29.4 Å². The van der Waals surface area contributed by atoms with Crippen LogP contribution in [-0.2, 0) is 9.53 Å². The van der Waals surface area contributed by atoms with Crippen LogP contribution in [0.25, 0.3) is 0 Å². The molecule has 1 aliphatic heterocycles. The number of ether oxygens (including phenoxy) is 1. The number of esters is 1. The van der Waals surface area contributed by atoms with E-state index in [2.05, 4.69) is 6.58 Å². The van der Waals surface area contributed by atoms with Gasteiger partial charge in [0.2, 0.25) is 0 Å². The number of carboxylic acid groups (broad SMARTS) is 1. The molecule has 0 saturated carbocycles. The van der Waals surface area contributed by atoms with Gasteiger partial charge < -0.3 is 9.84 Å². The molecule has 1 N–H and O–H groups in total. The Bertz CT molecular complexity index is 904. The SMILES string of the molecule is C=CCC[C@@]1(C(C)(C)C)C(=O)O[C@@H](c2ccccc2)[C@@H](c2ccccc2)N1C(=O)O. The van der Waals surface area contributed by atoms with Crippen molar-refractivity contribution < 1.29 is 19.4 Å². The summed E-state index contributed by atoms with van der Waals surface area (Å²) in [7, 11) is 0. The summed E-state index contributed by atoms with van der Waals surface area (Å²) in [4.78, 5) is 27.7. The van der Waals surface area contributed by atoms with E-state index in [1.807, 2.05) is 81.4 Å². The molecule has 1 amide bonds. The molecule has 0 aliphatic carbocycles. The van der Waals surface area contributed by atoms with Crippen LogP contribution >= 0.6 is 0 Å². The molecule has 1 heterocycles. The number of nitrogens with zero attached hydrogens (tertiary/aromatic N) is 1. The van der Waals surface area contributed by atoms with E-state index >= 15 is 0 Å². The fraction of sp³-hybridized carbons (Fsp3) is 0.360. The highest BCUT2D eigenvalue weighted by molar-refractivity contribution is 5.88. The van der Waals surface area contributed by atoms with Crippen molar-refractivity contribution in [1.82, 2.24) is 4.90 Å². The Morgan fingerprint density at radius 2 is 1.63 bits per heavy atom. The van der Waals surface area contributed by atoms with Gasteiger partial charge in [-0.1, -0.05) is 87.5 Å². The maximum Gasteiger partial charge on any atom is 0.408 e. The van der Waals surface area contributed by atoms with E-state index in [9.17, 15) is 14.7 Å². The molecule has 1 fully saturated rings. The van der Waals surface area contributed by atoms with E-state index in [0.717, 1.165) is 11.1 Å². The summed E-state index contributed by atoms with van der Waals surface area (Å²) in [5, 5.41) is 10.4. The van der Waals surface area contributed by atoms with Crippen LogP contribution in [0.3, 0.4) is 0 Å². The van der Waals surface area contributed by atoms with Crippen LogP contribution in [0.15, 0.2) is 73.3 Å². The topological polar surface area (TPSA) is 66.8 Å². The van der Waals surface area contributed by atoms with Crippen LogP contribution in [0.2, 0.25) is 0 Å². The van der Waals surface area contributed by atoms with Gasteiger partial charge in [0.1, 0.15) is 11.6 Å². The third-order valence-electron chi connectivity index (χ3n) is 5.97. The second-order valence-corrected chi connectivity index (χ2v) is 8.68. The summed E-state index contributed by atoms with van der Waals surface area (Å²) in [6, 6.07) is 18.1. The fourth-order valence-electron chi connectivity index (χ4n) is 4.47. The predicted octanol–water partition coefficient (Wildman–Crippen LogP) is 5.76. The normalized spacial score (nSPS) is 24.2. The Hall–Kier alpha value is -3.08. The number of amides is 1. The molecule has 3 rings (SSSR count). The van der Waals surface area contributed by atoms with Crippen molar-refractivity contribution in [3.05, 3.63) is 84.4 Å². The van der Waals surface area contributed by atoms with Gasteiger partial charge in [-0.3, -0.25) is 4.90 Å². The van der Waals surface area contributed by atoms with E-state index in [0.29, 0.717) is 12.8 Å². The minimum absolute atomic E-state index is 0.302. The molecule has 2 aromatic rings. The van der Waals surface area contributed by atoms with Gasteiger partial charge in [0.15, 0.2) is 6.10 Å². The third kappa shape index (κ3) is 3.60. The average Bonchev–Trinajstić information content (AvgIpc) is 2.72. The molecule has 158 valence electrons. The van der Waals surface area contributed by atoms with Crippen molar-refractivity contribution in [2.75, 3.05) is 0 Å². The number of benzene rings is 2. The summed E-state index contributed by atoms with van der Waals surface area (Å²) in [5.41, 5.74) is -0.496. The zero-order valence-corrected chi connectivity index (χ0v) is 17.7. The van der Waals surface area contributed by atoms with Crippen molar-refractivity contribution in [3.8, 4) is 0 Å². The molecule has 5 nitrogen and oxygen atoms in total. The first kappa shape index (κ1) is 21.6. The summed E-state index contributed by atoms with van der Waals surface area (Å²) >= 11 is 0. The molecular weight excluding hydrogens is 378 g/mol. The van der Waals surface area contributed by atoms with E-state index in [-0.39, 0.29) is 0 Å². The number of hydrogen-bond donors (Lipinski definition) is 1. The van der Waals surface area contributed by atoms with Crippen LogP contribution < -0.4 is 0 Å². The predicted molar refractivity (Wildman–Crippen MR) is 116 cm³/mol. The van der Waals surface area contributed by atoms with E-state index in [1.165, 1.54) is 4.90 Å². The summed E-state index contributed by atoms with van der Waals surface area (Å²) < 4.78 is 6.08. The smallest absolute Gasteiger partial charge is 0.408 e. The Morgan fingerprint density at radius 3 is 2.10 bits per heavy atom. The van der Waals surface area contributed by atoms with Crippen LogP contribution in [0.5, 0.6) is 0 Å². The number of carbonyl (C=O) groups excluding carboxylic acids is 1.